The Labute approximate surface area is 204 Å². The largest absolute Gasteiger partial charge is 0.389 e. The van der Waals surface area contributed by atoms with Crippen LogP contribution in [0.3, 0.4) is 0 Å². The minimum absolute atomic E-state index is 0.0219. The molecule has 1 aliphatic carbocycles. The lowest BCUT2D eigenvalue weighted by Crippen LogP contribution is -2.60. The number of halogens is 2. The van der Waals surface area contributed by atoms with Crippen LogP contribution < -0.4 is 0 Å². The number of carbonyl (C=O) groups is 2. The maximum atomic E-state index is 13.3. The molecule has 7 heteroatoms. The van der Waals surface area contributed by atoms with Crippen molar-refractivity contribution in [2.45, 2.75) is 46.3 Å². The molecule has 168 valence electrons. The van der Waals surface area contributed by atoms with Gasteiger partial charge in [0.2, 0.25) is 11.8 Å². The second-order valence-electron chi connectivity index (χ2n) is 9.99. The summed E-state index contributed by atoms with van der Waals surface area (Å²) in [7, 11) is 0. The van der Waals surface area contributed by atoms with Crippen LogP contribution in [0.4, 0.5) is 0 Å². The van der Waals surface area contributed by atoms with Crippen molar-refractivity contribution in [1.82, 2.24) is 9.47 Å². The van der Waals surface area contributed by atoms with Crippen molar-refractivity contribution < 1.29 is 14.7 Å². The number of hydrogen-bond acceptors (Lipinski definition) is 3. The average Bonchev–Trinajstić information content (AvgIpc) is 3.12. The molecule has 2 amide bonds. The van der Waals surface area contributed by atoms with Gasteiger partial charge in [-0.3, -0.25) is 14.5 Å². The molecule has 1 aromatic heterocycles. The topological polar surface area (TPSA) is 62.5 Å². The fourth-order valence-corrected chi connectivity index (χ4v) is 6.52. The van der Waals surface area contributed by atoms with Crippen molar-refractivity contribution in [1.29, 1.82) is 0 Å². The zero-order valence-electron chi connectivity index (χ0n) is 18.4. The van der Waals surface area contributed by atoms with Crippen molar-refractivity contribution in [2.24, 2.45) is 16.7 Å². The van der Waals surface area contributed by atoms with Gasteiger partial charge in [0.05, 0.1) is 24.6 Å². The first-order valence-corrected chi connectivity index (χ1v) is 12.5. The van der Waals surface area contributed by atoms with Gasteiger partial charge >= 0.3 is 0 Å². The van der Waals surface area contributed by atoms with Crippen molar-refractivity contribution in [3.05, 3.63) is 45.3 Å². The fourth-order valence-electron chi connectivity index (χ4n) is 5.80. The lowest BCUT2D eigenvalue weighted by atomic mass is 9.62. The summed E-state index contributed by atoms with van der Waals surface area (Å²) >= 11 is 7.11. The number of benzene rings is 2. The number of aliphatic hydroxyl groups is 1. The van der Waals surface area contributed by atoms with E-state index in [0.29, 0.717) is 6.54 Å². The van der Waals surface area contributed by atoms with Crippen molar-refractivity contribution >= 4 is 65.5 Å². The number of aromatic nitrogens is 1. The molecule has 1 saturated heterocycles. The van der Waals surface area contributed by atoms with E-state index >= 15 is 0 Å². The van der Waals surface area contributed by atoms with E-state index in [4.69, 9.17) is 0 Å². The summed E-state index contributed by atoms with van der Waals surface area (Å²) in [4.78, 5) is 27.8. The quantitative estimate of drug-likeness (QED) is 0.428. The van der Waals surface area contributed by atoms with Gasteiger partial charge in [0.15, 0.2) is 0 Å². The number of fused-ring (bicyclic) bond motifs is 5. The third-order valence-electron chi connectivity index (χ3n) is 8.08. The van der Waals surface area contributed by atoms with Gasteiger partial charge in [-0.05, 0) is 54.7 Å². The number of aliphatic hydroxyl groups excluding tert-OH is 1. The third-order valence-corrected chi connectivity index (χ3v) is 9.07. The number of β-amino-alcohol motifs (C(OH)–C–C–N with tert-alkyl or cyclic N) is 1. The maximum Gasteiger partial charge on any atom is 0.235 e. The Morgan fingerprint density at radius 1 is 1.00 bits per heavy atom. The number of likely N-dealkylation sites (tertiary alicyclic amines) is 1. The summed E-state index contributed by atoms with van der Waals surface area (Å²) in [6, 6.07) is 12.2. The van der Waals surface area contributed by atoms with Crippen LogP contribution in [-0.2, 0) is 16.1 Å². The summed E-state index contributed by atoms with van der Waals surface area (Å²) < 4.78 is 4.05. The Morgan fingerprint density at radius 2 is 1.56 bits per heavy atom. The van der Waals surface area contributed by atoms with Crippen molar-refractivity contribution in [2.75, 3.05) is 6.54 Å². The van der Waals surface area contributed by atoms with E-state index in [9.17, 15) is 14.7 Å². The standard InChI is InChI=1S/C25H26Br2N2O3/c1-24(2)19-8-9-25(24,3)23(32)29(22(19)31)13-16(30)12-28-20-6-4-14(26)10-17(20)18-11-15(27)5-7-21(18)28/h4-7,10-11,16,19,30H,8-9,12-13H2,1-3H3/t16-,19-,25+/m0/s1. The predicted octanol–water partition coefficient (Wildman–Crippen LogP) is 5.49. The van der Waals surface area contributed by atoms with Crippen LogP contribution in [0.15, 0.2) is 45.3 Å². The fraction of sp³-hybridized carbons (Fsp3) is 0.440. The van der Waals surface area contributed by atoms with E-state index in [1.165, 1.54) is 4.90 Å². The number of rotatable bonds is 4. The molecule has 3 atom stereocenters. The Hall–Kier alpha value is -1.70. The molecule has 0 unspecified atom stereocenters. The average molecular weight is 562 g/mol. The molecule has 1 N–H and O–H groups in total. The highest BCUT2D eigenvalue weighted by Crippen LogP contribution is 2.60. The highest BCUT2D eigenvalue weighted by atomic mass is 79.9. The van der Waals surface area contributed by atoms with E-state index < -0.39 is 11.5 Å². The van der Waals surface area contributed by atoms with Crippen LogP contribution in [0.1, 0.15) is 33.6 Å². The molecule has 2 aliphatic rings. The van der Waals surface area contributed by atoms with Gasteiger partial charge in [0.25, 0.3) is 0 Å². The van der Waals surface area contributed by atoms with E-state index in [1.807, 2.05) is 45.0 Å². The van der Waals surface area contributed by atoms with Crippen LogP contribution in [0.25, 0.3) is 21.8 Å². The van der Waals surface area contributed by atoms with E-state index in [-0.39, 0.29) is 29.7 Å². The number of piperidine rings is 1. The zero-order chi connectivity index (χ0) is 23.0. The minimum Gasteiger partial charge on any atom is -0.389 e. The minimum atomic E-state index is -0.863. The third kappa shape index (κ3) is 3.04. The molecule has 2 heterocycles. The normalized spacial score (nSPS) is 25.8. The van der Waals surface area contributed by atoms with E-state index in [2.05, 4.69) is 48.6 Å². The Morgan fingerprint density at radius 3 is 2.12 bits per heavy atom. The van der Waals surface area contributed by atoms with Crippen molar-refractivity contribution in [3.8, 4) is 0 Å². The SMILES string of the molecule is CC1(C)[C@H]2CC[C@]1(C)C(=O)N(C[C@@H](O)Cn1c3ccc(Br)cc3c3cc(Br)ccc31)C2=O. The van der Waals surface area contributed by atoms with Crippen LogP contribution in [0.2, 0.25) is 0 Å². The summed E-state index contributed by atoms with van der Waals surface area (Å²) in [5.41, 5.74) is 1.10. The predicted molar refractivity (Wildman–Crippen MR) is 132 cm³/mol. The molecule has 1 saturated carbocycles. The monoisotopic (exact) mass is 560 g/mol. The molecule has 32 heavy (non-hydrogen) atoms. The summed E-state index contributed by atoms with van der Waals surface area (Å²) in [5, 5.41) is 13.2. The van der Waals surface area contributed by atoms with Gasteiger partial charge < -0.3 is 9.67 Å². The Balaban J connectivity index is 1.48. The van der Waals surface area contributed by atoms with Crippen LogP contribution in [0, 0.1) is 16.7 Å². The first-order chi connectivity index (χ1) is 15.0. The van der Waals surface area contributed by atoms with Crippen LogP contribution in [0.5, 0.6) is 0 Å². The zero-order valence-corrected chi connectivity index (χ0v) is 21.5. The maximum absolute atomic E-state index is 13.3. The number of imide groups is 1. The molecule has 5 nitrogen and oxygen atoms in total. The number of hydrogen-bond donors (Lipinski definition) is 1. The molecular weight excluding hydrogens is 536 g/mol. The summed E-state index contributed by atoms with van der Waals surface area (Å²) in [5.74, 6) is -0.445. The first kappa shape index (κ1) is 22.1. The summed E-state index contributed by atoms with van der Waals surface area (Å²) in [6.45, 7) is 6.36. The van der Waals surface area contributed by atoms with Gasteiger partial charge in [-0.15, -0.1) is 0 Å². The van der Waals surface area contributed by atoms with Gasteiger partial charge in [0.1, 0.15) is 0 Å². The smallest absolute Gasteiger partial charge is 0.235 e. The second kappa shape index (κ2) is 7.40. The van der Waals surface area contributed by atoms with Crippen LogP contribution in [-0.4, -0.2) is 39.0 Å². The molecule has 1 aliphatic heterocycles. The Bertz CT molecular complexity index is 1220. The molecular formula is C25H26Br2N2O3. The number of carbonyl (C=O) groups excluding carboxylic acids is 2. The number of nitrogens with zero attached hydrogens (tertiary/aromatic N) is 2. The van der Waals surface area contributed by atoms with E-state index in [1.54, 1.807) is 0 Å². The molecule has 5 rings (SSSR count). The van der Waals surface area contributed by atoms with Gasteiger partial charge in [-0.25, -0.2) is 0 Å². The highest BCUT2D eigenvalue weighted by Gasteiger charge is 2.64. The molecule has 2 fully saturated rings. The van der Waals surface area contributed by atoms with E-state index in [0.717, 1.165) is 43.6 Å². The van der Waals surface area contributed by atoms with Crippen molar-refractivity contribution in [3.63, 3.8) is 0 Å². The lowest BCUT2D eigenvalue weighted by Gasteiger charge is -2.48. The highest BCUT2D eigenvalue weighted by molar-refractivity contribution is 9.10. The van der Waals surface area contributed by atoms with Gasteiger partial charge in [-0.1, -0.05) is 52.6 Å². The Kier molecular flexibility index (Phi) is 5.12. The lowest BCUT2D eigenvalue weighted by molar-refractivity contribution is -0.169. The molecule has 3 aromatic rings. The van der Waals surface area contributed by atoms with Gasteiger partial charge in [0, 0.05) is 36.7 Å². The van der Waals surface area contributed by atoms with Gasteiger partial charge in [-0.2, -0.15) is 0 Å². The molecule has 2 aromatic carbocycles. The molecule has 0 radical (unpaired) electrons. The summed E-state index contributed by atoms with van der Waals surface area (Å²) in [6.07, 6.45) is 0.591. The first-order valence-electron chi connectivity index (χ1n) is 11.0. The second-order valence-corrected chi connectivity index (χ2v) is 11.8. The number of amides is 2. The van der Waals surface area contributed by atoms with Crippen LogP contribution >= 0.6 is 31.9 Å². The molecule has 2 bridgehead atoms. The molecule has 0 spiro atoms.